The summed E-state index contributed by atoms with van der Waals surface area (Å²) in [7, 11) is 8.89. The van der Waals surface area contributed by atoms with E-state index in [-0.39, 0.29) is 68.7 Å². The van der Waals surface area contributed by atoms with E-state index in [9.17, 15) is 0 Å². The molecule has 0 amide bonds. The average Bonchev–Trinajstić information content (AvgIpc) is 3.17. The molecule has 0 radical (unpaired) electrons. The quantitative estimate of drug-likeness (QED) is 0.118. The Morgan fingerprint density at radius 2 is 0.926 bits per heavy atom. The zero-order chi connectivity index (χ0) is 50.5. The van der Waals surface area contributed by atoms with Crippen LogP contribution in [0, 0.1) is 0 Å². The van der Waals surface area contributed by atoms with Crippen molar-refractivity contribution in [3.05, 3.63) is 23.9 Å². The van der Waals surface area contributed by atoms with E-state index >= 15 is 0 Å². The zero-order valence-corrected chi connectivity index (χ0v) is 46.6. The van der Waals surface area contributed by atoms with Gasteiger partial charge in [0, 0.05) is 101 Å². The number of rotatable bonds is 15. The third kappa shape index (κ3) is 13.2. The van der Waals surface area contributed by atoms with Crippen LogP contribution in [0.3, 0.4) is 0 Å². The van der Waals surface area contributed by atoms with Crippen LogP contribution < -0.4 is 21.6 Å². The first-order chi connectivity index (χ1) is 31.2. The number of ether oxygens (including phenoxy) is 2. The average molecular weight is 955 g/mol. The molecule has 0 aromatic carbocycles. The number of nitrogens with zero attached hydrogens (tertiary/aromatic N) is 8. The standard InChI is InChI=1S/C52H98N12O4/c1-45(2)29-37(30-46(3,4)59(45)17)65-43-27-41(55-63(57-43)67-39-33-49(9,10)61(19)50(11,12)34-39)53-25-23-21-22-24-26-54-42-28-44(66-38-31-47(5,6)60(18)48(7,8)32-38)58-64(56-42)68-40-35-51(13,14)62(20)52(15,16)36-40/h27-28,37-40,53,55,58H,21-26,29-36H2,1-20H3,(H,54,56). The summed E-state index contributed by atoms with van der Waals surface area (Å²) in [6, 6.07) is 0. The minimum absolute atomic E-state index is 0.00121. The Morgan fingerprint density at radius 3 is 1.40 bits per heavy atom. The number of amidine groups is 1. The second kappa shape index (κ2) is 20.0. The highest BCUT2D eigenvalue weighted by molar-refractivity contribution is 5.93. The molecular formula is C52H98N12O4. The van der Waals surface area contributed by atoms with Crippen molar-refractivity contribution in [1.29, 1.82) is 0 Å². The van der Waals surface area contributed by atoms with Gasteiger partial charge >= 0.3 is 0 Å². The molecule has 0 bridgehead atoms. The van der Waals surface area contributed by atoms with Crippen LogP contribution in [0.4, 0.5) is 0 Å². The molecule has 16 heteroatoms. The molecule has 16 nitrogen and oxygen atoms in total. The van der Waals surface area contributed by atoms with Crippen molar-refractivity contribution < 1.29 is 19.1 Å². The van der Waals surface area contributed by atoms with Crippen LogP contribution in [-0.4, -0.2) is 152 Å². The fourth-order valence-corrected chi connectivity index (χ4v) is 12.3. The van der Waals surface area contributed by atoms with Gasteiger partial charge in [-0.05, 0) is 177 Å². The Bertz CT molecular complexity index is 1800. The fraction of sp³-hybridized carbons (Fsp3) is 0.885. The van der Waals surface area contributed by atoms with E-state index in [4.69, 9.17) is 29.2 Å². The van der Waals surface area contributed by atoms with E-state index in [2.05, 4.69) is 180 Å². The number of piperidine rings is 4. The van der Waals surface area contributed by atoms with Gasteiger partial charge in [0.2, 0.25) is 11.8 Å². The minimum atomic E-state index is -0.0183. The summed E-state index contributed by atoms with van der Waals surface area (Å²) in [5.41, 5.74) is 10.2. The molecule has 4 saturated heterocycles. The molecule has 68 heavy (non-hydrogen) atoms. The van der Waals surface area contributed by atoms with Crippen LogP contribution in [-0.2, 0) is 19.1 Å². The predicted molar refractivity (Wildman–Crippen MR) is 276 cm³/mol. The first-order valence-electron chi connectivity index (χ1n) is 26.0. The molecule has 0 aromatic rings. The fourth-order valence-electron chi connectivity index (χ4n) is 12.3. The molecule has 6 rings (SSSR count). The minimum Gasteiger partial charge on any atom is -0.475 e. The third-order valence-electron chi connectivity index (χ3n) is 17.2. The molecule has 0 aromatic heterocycles. The summed E-state index contributed by atoms with van der Waals surface area (Å²) in [6.45, 7) is 38.3. The van der Waals surface area contributed by atoms with Crippen molar-refractivity contribution in [3.63, 3.8) is 0 Å². The number of hydrazine groups is 3. The van der Waals surface area contributed by atoms with Crippen LogP contribution in [0.15, 0.2) is 33.9 Å². The topological polar surface area (TPSA) is 129 Å². The van der Waals surface area contributed by atoms with Crippen molar-refractivity contribution in [2.75, 3.05) is 41.3 Å². The number of hydrogen-bond donors (Lipinski definition) is 4. The van der Waals surface area contributed by atoms with Gasteiger partial charge in [0.1, 0.15) is 23.9 Å². The van der Waals surface area contributed by atoms with Crippen LogP contribution in [0.25, 0.3) is 0 Å². The van der Waals surface area contributed by atoms with Crippen LogP contribution in [0.2, 0.25) is 0 Å². The summed E-state index contributed by atoms with van der Waals surface area (Å²) >= 11 is 0. The van der Waals surface area contributed by atoms with Crippen LogP contribution in [0.5, 0.6) is 0 Å². The van der Waals surface area contributed by atoms with Crippen molar-refractivity contribution >= 4 is 11.7 Å². The van der Waals surface area contributed by atoms with Crippen LogP contribution in [0.1, 0.15) is 188 Å². The molecule has 4 fully saturated rings. The van der Waals surface area contributed by atoms with Gasteiger partial charge in [0.05, 0.1) is 12.2 Å². The maximum Gasteiger partial charge on any atom is 0.239 e. The van der Waals surface area contributed by atoms with Crippen molar-refractivity contribution in [1.82, 2.24) is 51.8 Å². The van der Waals surface area contributed by atoms with Gasteiger partial charge < -0.3 is 14.8 Å². The normalized spacial score (nSPS) is 28.7. The van der Waals surface area contributed by atoms with Gasteiger partial charge in [0.25, 0.3) is 0 Å². The maximum absolute atomic E-state index is 6.78. The molecule has 6 aliphatic rings. The highest BCUT2D eigenvalue weighted by Gasteiger charge is 2.48. The smallest absolute Gasteiger partial charge is 0.239 e. The Kier molecular flexibility index (Phi) is 16.0. The van der Waals surface area contributed by atoms with Crippen molar-refractivity contribution in [2.45, 2.75) is 257 Å². The van der Waals surface area contributed by atoms with E-state index in [0.29, 0.717) is 18.3 Å². The van der Waals surface area contributed by atoms with E-state index in [1.165, 1.54) is 0 Å². The molecule has 6 aliphatic heterocycles. The number of hydrogen-bond acceptors (Lipinski definition) is 15. The predicted octanol–water partition coefficient (Wildman–Crippen LogP) is 8.18. The molecule has 0 saturated carbocycles. The Morgan fingerprint density at radius 1 is 0.515 bits per heavy atom. The van der Waals surface area contributed by atoms with Crippen molar-refractivity contribution in [3.8, 4) is 0 Å². The first-order valence-corrected chi connectivity index (χ1v) is 26.0. The number of unbranched alkanes of at least 4 members (excludes halogenated alkanes) is 3. The first kappa shape index (κ1) is 54.5. The van der Waals surface area contributed by atoms with E-state index in [0.717, 1.165) is 95.3 Å². The summed E-state index contributed by atoms with van der Waals surface area (Å²) in [6.07, 6.45) is 15.4. The van der Waals surface area contributed by atoms with Gasteiger partial charge in [-0.1, -0.05) is 23.2 Å². The van der Waals surface area contributed by atoms with Crippen LogP contribution >= 0.6 is 0 Å². The van der Waals surface area contributed by atoms with E-state index in [1.54, 1.807) is 10.6 Å². The molecular weight excluding hydrogens is 857 g/mol. The largest absolute Gasteiger partial charge is 0.475 e. The van der Waals surface area contributed by atoms with E-state index < -0.39 is 0 Å². The lowest BCUT2D eigenvalue weighted by atomic mass is 9.79. The highest BCUT2D eigenvalue weighted by Crippen LogP contribution is 2.42. The number of nitrogens with one attached hydrogen (secondary N) is 4. The van der Waals surface area contributed by atoms with Gasteiger partial charge in [0.15, 0.2) is 0 Å². The van der Waals surface area contributed by atoms with E-state index in [1.807, 2.05) is 12.2 Å². The molecule has 0 unspecified atom stereocenters. The maximum atomic E-state index is 6.78. The summed E-state index contributed by atoms with van der Waals surface area (Å²) < 4.78 is 13.5. The second-order valence-corrected chi connectivity index (χ2v) is 26.3. The van der Waals surface area contributed by atoms with Crippen molar-refractivity contribution in [2.24, 2.45) is 10.1 Å². The third-order valence-corrected chi connectivity index (χ3v) is 17.2. The molecule has 6 heterocycles. The van der Waals surface area contributed by atoms with Gasteiger partial charge in [-0.3, -0.25) is 34.9 Å². The molecule has 0 spiro atoms. The number of likely N-dealkylation sites (tertiary alicyclic amines) is 4. The number of hydrazone groups is 1. The van der Waals surface area contributed by atoms with Gasteiger partial charge in [-0.15, -0.1) is 0 Å². The van der Waals surface area contributed by atoms with Gasteiger partial charge in [-0.25, -0.2) is 15.7 Å². The molecule has 0 aliphatic carbocycles. The molecule has 4 N–H and O–H groups in total. The Balaban J connectivity index is 1.05. The molecule has 390 valence electrons. The lowest BCUT2D eigenvalue weighted by molar-refractivity contribution is -0.275. The highest BCUT2D eigenvalue weighted by atomic mass is 16.8. The summed E-state index contributed by atoms with van der Waals surface area (Å²) in [5, 5.41) is 11.7. The zero-order valence-electron chi connectivity index (χ0n) is 46.6. The number of aliphatic imine (C=N–C) groups is 1. The lowest BCUT2D eigenvalue weighted by Gasteiger charge is -2.54. The Labute approximate surface area is 413 Å². The lowest BCUT2D eigenvalue weighted by Crippen LogP contribution is -2.63. The van der Waals surface area contributed by atoms with Gasteiger partial charge in [-0.2, -0.15) is 0 Å². The second-order valence-electron chi connectivity index (χ2n) is 26.3. The Hall–Kier alpha value is -2.86. The summed E-state index contributed by atoms with van der Waals surface area (Å²) in [4.78, 5) is 28.3. The summed E-state index contributed by atoms with van der Waals surface area (Å²) in [5.74, 6) is 2.79. The monoisotopic (exact) mass is 955 g/mol. The SMILES string of the molecule is CN1C(C)(C)CC(OC2=CC(=NCCCCCCNC3=CC(OC4CC(C)(C)N(C)C(C)(C)C4)=NN(OC4CC(C)(C)N(C)C(C)(C)C4)N3)NN(OC3CC(C)(C)N(C)C(C)(C)C3)N2)CC1(C)C. The molecule has 0 atom stereocenters.